The summed E-state index contributed by atoms with van der Waals surface area (Å²) in [5, 5.41) is 58.0. The minimum atomic E-state index is -2.50. The monoisotopic (exact) mass is 855 g/mol. The Kier molecular flexibility index (Phi) is 13.2. The van der Waals surface area contributed by atoms with Crippen LogP contribution >= 0.6 is 0 Å². The van der Waals surface area contributed by atoms with Gasteiger partial charge in [0.1, 0.15) is 0 Å². The van der Waals surface area contributed by atoms with Crippen LogP contribution in [0, 0.1) is 29.1 Å². The zero-order chi connectivity index (χ0) is 46.1. The molecular weight excluding hydrogens is 776 g/mol. The third-order valence-corrected chi connectivity index (χ3v) is 13.7. The van der Waals surface area contributed by atoms with E-state index in [-0.39, 0.29) is 12.8 Å². The van der Waals surface area contributed by atoms with Gasteiger partial charge in [0.15, 0.2) is 5.60 Å². The maximum absolute atomic E-state index is 14.1. The summed E-state index contributed by atoms with van der Waals surface area (Å²) in [4.78, 5) is 52.8. The summed E-state index contributed by atoms with van der Waals surface area (Å²) in [5.41, 5.74) is -8.64. The zero-order valence-electron chi connectivity index (χ0n) is 39.2. The van der Waals surface area contributed by atoms with Crippen molar-refractivity contribution in [2.24, 2.45) is 29.1 Å². The van der Waals surface area contributed by atoms with Crippen molar-refractivity contribution in [2.75, 3.05) is 0 Å². The van der Waals surface area contributed by atoms with Crippen molar-refractivity contribution in [3.8, 4) is 0 Å². The van der Waals surface area contributed by atoms with Crippen LogP contribution in [0.2, 0.25) is 0 Å². The van der Waals surface area contributed by atoms with E-state index < -0.39 is 116 Å². The highest BCUT2D eigenvalue weighted by Gasteiger charge is 2.77. The Morgan fingerprint density at radius 3 is 0.867 bits per heavy atom. The molecule has 0 spiro atoms. The maximum atomic E-state index is 14.1. The average Bonchev–Trinajstić information content (AvgIpc) is 2.92. The number of nitrogens with one attached hydrogen (secondary N) is 4. The van der Waals surface area contributed by atoms with Gasteiger partial charge in [0.2, 0.25) is 6.10 Å². The van der Waals surface area contributed by atoms with Gasteiger partial charge in [-0.15, -0.1) is 0 Å². The van der Waals surface area contributed by atoms with Gasteiger partial charge in [0.25, 0.3) is 6.29 Å². The van der Waals surface area contributed by atoms with Gasteiger partial charge in [0.05, 0.1) is 0 Å². The molecule has 0 aromatic carbocycles. The van der Waals surface area contributed by atoms with Crippen molar-refractivity contribution in [2.45, 2.75) is 224 Å². The van der Waals surface area contributed by atoms with E-state index in [0.29, 0.717) is 38.5 Å². The Morgan fingerprint density at radius 2 is 0.650 bits per heavy atom. The lowest BCUT2D eigenvalue weighted by Crippen LogP contribution is -2.80. The summed E-state index contributed by atoms with van der Waals surface area (Å²) >= 11 is 0. The summed E-state index contributed by atoms with van der Waals surface area (Å²) < 4.78 is 23.4. The first-order chi connectivity index (χ1) is 26.8. The molecule has 16 nitrogen and oxygen atoms in total. The van der Waals surface area contributed by atoms with Crippen LogP contribution in [-0.2, 0) is 18.9 Å². The van der Waals surface area contributed by atoms with E-state index in [2.05, 4.69) is 104 Å². The molecule has 2 unspecified atom stereocenters. The normalized spacial score (nSPS) is 27.8. The minimum absolute atomic E-state index is 0.199. The predicted molar refractivity (Wildman–Crippen MR) is 225 cm³/mol. The summed E-state index contributed by atoms with van der Waals surface area (Å²) in [7, 11) is 0. The number of carboxylic acid groups (broad SMARTS) is 4. The molecule has 4 rings (SSSR count). The SMILES string of the molecule is CC1(C)CC(C(OC(=O)O)(C(OC(=O)O)C(OC(=O)O)OC(=O)O)C(C2CC(C)(C)NC(C)(C)C2)(C2CC(C)(C)NC(C)(C)C2)C2CC(C)(C)NC(C)(C)C2)CC(C)(C)N1. The topological polar surface area (TPSA) is 234 Å². The third kappa shape index (κ3) is 10.9. The van der Waals surface area contributed by atoms with E-state index in [1.54, 1.807) is 0 Å². The fourth-order valence-electron chi connectivity index (χ4n) is 14.6. The van der Waals surface area contributed by atoms with Gasteiger partial charge in [-0.1, -0.05) is 0 Å². The molecule has 8 N–H and O–H groups in total. The van der Waals surface area contributed by atoms with E-state index in [9.17, 15) is 39.6 Å². The second-order valence-corrected chi connectivity index (χ2v) is 24.0. The molecule has 0 saturated carbocycles. The van der Waals surface area contributed by atoms with Crippen molar-refractivity contribution in [3.05, 3.63) is 0 Å². The number of hydrogen-bond acceptors (Lipinski definition) is 12. The van der Waals surface area contributed by atoms with Crippen LogP contribution in [0.25, 0.3) is 0 Å². The number of hydrogen-bond donors (Lipinski definition) is 8. The van der Waals surface area contributed by atoms with Crippen molar-refractivity contribution >= 4 is 24.6 Å². The average molecular weight is 855 g/mol. The molecule has 60 heavy (non-hydrogen) atoms. The molecule has 0 radical (unpaired) electrons. The van der Waals surface area contributed by atoms with Crippen LogP contribution in [0.4, 0.5) is 19.2 Å². The van der Waals surface area contributed by atoms with Gasteiger partial charge in [-0.25, -0.2) is 19.2 Å². The van der Waals surface area contributed by atoms with Crippen molar-refractivity contribution < 1.29 is 58.6 Å². The Balaban J connectivity index is 2.47. The summed E-state index contributed by atoms with van der Waals surface area (Å²) in [6, 6.07) is 0. The van der Waals surface area contributed by atoms with Crippen LogP contribution < -0.4 is 21.3 Å². The largest absolute Gasteiger partial charge is 0.509 e. The first-order valence-corrected chi connectivity index (χ1v) is 21.6. The molecule has 4 heterocycles. The van der Waals surface area contributed by atoms with Crippen molar-refractivity contribution in [1.29, 1.82) is 0 Å². The Labute approximate surface area is 357 Å². The van der Waals surface area contributed by atoms with Gasteiger partial charge in [-0.2, -0.15) is 0 Å². The van der Waals surface area contributed by atoms with Crippen molar-refractivity contribution in [3.63, 3.8) is 0 Å². The number of rotatable bonds is 11. The van der Waals surface area contributed by atoms with E-state index in [1.165, 1.54) is 0 Å². The van der Waals surface area contributed by atoms with E-state index in [1.807, 2.05) is 27.7 Å². The molecule has 0 aromatic heterocycles. The number of ether oxygens (including phenoxy) is 4. The fourth-order valence-corrected chi connectivity index (χ4v) is 14.6. The Hall–Kier alpha value is -3.08. The summed E-state index contributed by atoms with van der Waals surface area (Å²) in [5.74, 6) is -2.33. The highest BCUT2D eigenvalue weighted by molar-refractivity contribution is 5.62. The number of piperidine rings is 4. The molecule has 4 saturated heterocycles. The Morgan fingerprint density at radius 1 is 0.417 bits per heavy atom. The second kappa shape index (κ2) is 15.9. The van der Waals surface area contributed by atoms with Crippen LogP contribution in [0.3, 0.4) is 0 Å². The van der Waals surface area contributed by atoms with E-state index in [0.717, 1.165) is 0 Å². The van der Waals surface area contributed by atoms with Crippen LogP contribution in [0.5, 0.6) is 0 Å². The van der Waals surface area contributed by atoms with E-state index >= 15 is 0 Å². The van der Waals surface area contributed by atoms with Gasteiger partial charge < -0.3 is 60.6 Å². The molecular formula is C44H78N4O12. The van der Waals surface area contributed by atoms with Crippen LogP contribution in [0.15, 0.2) is 0 Å². The second-order valence-electron chi connectivity index (χ2n) is 24.0. The van der Waals surface area contributed by atoms with Crippen LogP contribution in [0.1, 0.15) is 162 Å². The van der Waals surface area contributed by atoms with Crippen molar-refractivity contribution in [1.82, 2.24) is 21.3 Å². The zero-order valence-corrected chi connectivity index (χ0v) is 39.2. The molecule has 346 valence electrons. The summed E-state index contributed by atoms with van der Waals surface area (Å²) in [6.45, 7) is 33.1. The lowest BCUT2D eigenvalue weighted by atomic mass is 9.39. The molecule has 0 amide bonds. The highest BCUT2D eigenvalue weighted by atomic mass is 16.8. The molecule has 4 aliphatic heterocycles. The van der Waals surface area contributed by atoms with Gasteiger partial charge in [0, 0.05) is 55.6 Å². The minimum Gasteiger partial charge on any atom is -0.450 e. The summed E-state index contributed by atoms with van der Waals surface area (Å²) in [6.07, 6.45) is -9.14. The van der Waals surface area contributed by atoms with Gasteiger partial charge in [-0.05, 0) is 180 Å². The fraction of sp³-hybridized carbons (Fsp3) is 0.909. The third-order valence-electron chi connectivity index (χ3n) is 13.7. The molecule has 2 atom stereocenters. The first-order valence-electron chi connectivity index (χ1n) is 21.6. The first kappa shape index (κ1) is 49.6. The van der Waals surface area contributed by atoms with Gasteiger partial charge in [-0.3, -0.25) is 0 Å². The highest BCUT2D eigenvalue weighted by Crippen LogP contribution is 2.69. The molecule has 4 aliphatic rings. The lowest BCUT2D eigenvalue weighted by Gasteiger charge is -2.71. The smallest absolute Gasteiger partial charge is 0.450 e. The molecule has 0 aliphatic carbocycles. The van der Waals surface area contributed by atoms with Gasteiger partial charge >= 0.3 is 24.6 Å². The van der Waals surface area contributed by atoms with Crippen LogP contribution in [-0.4, -0.2) is 107 Å². The quantitative estimate of drug-likeness (QED) is 0.0553. The Bertz CT molecular complexity index is 1460. The standard InChI is InChI=1S/C44H78N4O12/c1-35(2)17-25(18-36(3,4)45-35)43(26-19-37(5,6)46-38(7,8)20-26,27-21-39(9,10)47-40(11,12)22-27)44(60-34(55)56,28-23-41(13,14)48-42(15,16)24-28)29(57-31(49)50)30(58-32(51)52)59-33(53)54/h25-30,45-48H,17-24H2,1-16H3,(H,49,50)(H,51,52)(H,53,54)(H,55,56). The molecule has 16 heteroatoms. The predicted octanol–water partition coefficient (Wildman–Crippen LogP) is 8.41. The molecule has 0 aromatic rings. The molecule has 0 bridgehead atoms. The molecule has 4 fully saturated rings. The number of carbonyl (C=O) groups is 4. The van der Waals surface area contributed by atoms with E-state index in [4.69, 9.17) is 18.9 Å². The lowest BCUT2D eigenvalue weighted by molar-refractivity contribution is -0.316. The maximum Gasteiger partial charge on any atom is 0.509 e.